The van der Waals surface area contributed by atoms with Gasteiger partial charge in [0.25, 0.3) is 0 Å². The van der Waals surface area contributed by atoms with Crippen LogP contribution in [0.2, 0.25) is 0 Å². The Kier molecular flexibility index (Phi) is 5.03. The van der Waals surface area contributed by atoms with Crippen LogP contribution in [0.15, 0.2) is 29.2 Å². The Balaban J connectivity index is 3.02. The fourth-order valence-electron chi connectivity index (χ4n) is 1.51. The lowest BCUT2D eigenvalue weighted by Gasteiger charge is -2.17. The van der Waals surface area contributed by atoms with Crippen LogP contribution in [-0.2, 0) is 14.8 Å². The van der Waals surface area contributed by atoms with Crippen LogP contribution in [0, 0.1) is 11.3 Å². The summed E-state index contributed by atoms with van der Waals surface area (Å²) in [5, 5.41) is 11.2. The first-order valence-electron chi connectivity index (χ1n) is 5.66. The molecule has 1 aromatic rings. The van der Waals surface area contributed by atoms with Crippen molar-refractivity contribution < 1.29 is 13.2 Å². The second-order valence-corrected chi connectivity index (χ2v) is 5.73. The van der Waals surface area contributed by atoms with E-state index in [4.69, 9.17) is 5.26 Å². The van der Waals surface area contributed by atoms with Crippen molar-refractivity contribution in [2.75, 3.05) is 18.4 Å². The van der Waals surface area contributed by atoms with E-state index in [0.29, 0.717) is 5.69 Å². The van der Waals surface area contributed by atoms with Gasteiger partial charge in [0.05, 0.1) is 11.0 Å². The number of carbonyl (C=O) groups excluding carboxylic acids is 1. The first-order valence-corrected chi connectivity index (χ1v) is 7.10. The number of rotatable bonds is 5. The zero-order valence-electron chi connectivity index (χ0n) is 10.8. The van der Waals surface area contributed by atoms with Crippen LogP contribution in [0.4, 0.5) is 5.69 Å². The van der Waals surface area contributed by atoms with Gasteiger partial charge >= 0.3 is 0 Å². The second kappa shape index (κ2) is 6.31. The van der Waals surface area contributed by atoms with Crippen molar-refractivity contribution in [3.8, 4) is 6.07 Å². The molecule has 7 heteroatoms. The lowest BCUT2D eigenvalue weighted by molar-refractivity contribution is -0.114. The molecule has 0 saturated heterocycles. The first-order chi connectivity index (χ1) is 8.91. The molecule has 0 aromatic heterocycles. The van der Waals surface area contributed by atoms with E-state index in [-0.39, 0.29) is 23.9 Å². The van der Waals surface area contributed by atoms with E-state index < -0.39 is 10.0 Å². The number of amides is 1. The predicted molar refractivity (Wildman–Crippen MR) is 70.8 cm³/mol. The van der Waals surface area contributed by atoms with Gasteiger partial charge in [0.1, 0.15) is 6.54 Å². The Hall–Kier alpha value is -1.91. The Morgan fingerprint density at radius 1 is 1.37 bits per heavy atom. The van der Waals surface area contributed by atoms with Gasteiger partial charge in [-0.15, -0.1) is 0 Å². The minimum absolute atomic E-state index is 0.0960. The van der Waals surface area contributed by atoms with Crippen molar-refractivity contribution in [2.45, 2.75) is 18.7 Å². The average molecular weight is 281 g/mol. The molecule has 19 heavy (non-hydrogen) atoms. The molecule has 0 saturated carbocycles. The molecule has 1 N–H and O–H groups in total. The van der Waals surface area contributed by atoms with Gasteiger partial charge < -0.3 is 5.32 Å². The Morgan fingerprint density at radius 3 is 2.37 bits per heavy atom. The van der Waals surface area contributed by atoms with Crippen LogP contribution in [0.1, 0.15) is 13.8 Å². The molecule has 0 unspecified atom stereocenters. The molecule has 0 bridgehead atoms. The number of hydrogen-bond acceptors (Lipinski definition) is 4. The number of sulfonamides is 1. The third-order valence-electron chi connectivity index (χ3n) is 2.41. The molecular weight excluding hydrogens is 266 g/mol. The van der Waals surface area contributed by atoms with Crippen LogP contribution in [-0.4, -0.2) is 31.7 Å². The van der Waals surface area contributed by atoms with Crippen LogP contribution in [0.25, 0.3) is 0 Å². The Labute approximate surface area is 112 Å². The Bertz CT molecular complexity index is 588. The zero-order chi connectivity index (χ0) is 14.5. The van der Waals surface area contributed by atoms with Gasteiger partial charge in [-0.25, -0.2) is 8.42 Å². The zero-order valence-corrected chi connectivity index (χ0v) is 11.6. The summed E-state index contributed by atoms with van der Waals surface area (Å²) in [6.45, 7) is 3.08. The van der Waals surface area contributed by atoms with Gasteiger partial charge in [-0.1, -0.05) is 6.92 Å². The highest BCUT2D eigenvalue weighted by atomic mass is 32.2. The van der Waals surface area contributed by atoms with E-state index in [1.54, 1.807) is 6.92 Å². The largest absolute Gasteiger partial charge is 0.326 e. The van der Waals surface area contributed by atoms with Crippen molar-refractivity contribution >= 4 is 21.6 Å². The van der Waals surface area contributed by atoms with E-state index in [1.165, 1.54) is 31.2 Å². The van der Waals surface area contributed by atoms with Gasteiger partial charge in [0, 0.05) is 19.2 Å². The van der Waals surface area contributed by atoms with E-state index >= 15 is 0 Å². The summed E-state index contributed by atoms with van der Waals surface area (Å²) in [6.07, 6.45) is 0. The number of hydrogen-bond donors (Lipinski definition) is 1. The standard InChI is InChI=1S/C12H15N3O3S/c1-3-15(9-8-13)19(17,18)12-6-4-11(5-7-12)14-10(2)16/h4-7H,3,9H2,1-2H3,(H,14,16). The van der Waals surface area contributed by atoms with Crippen LogP contribution in [0.3, 0.4) is 0 Å². The quantitative estimate of drug-likeness (QED) is 0.820. The maximum atomic E-state index is 12.2. The molecule has 0 atom stereocenters. The van der Waals surface area contributed by atoms with Gasteiger partial charge in [0.2, 0.25) is 15.9 Å². The molecule has 0 spiro atoms. The minimum Gasteiger partial charge on any atom is -0.326 e. The summed E-state index contributed by atoms with van der Waals surface area (Å²) in [5.41, 5.74) is 0.523. The SMILES string of the molecule is CCN(CC#N)S(=O)(=O)c1ccc(NC(C)=O)cc1. The van der Waals surface area contributed by atoms with Crippen molar-refractivity contribution in [1.82, 2.24) is 4.31 Å². The third kappa shape index (κ3) is 3.77. The van der Waals surface area contributed by atoms with Gasteiger partial charge in [-0.05, 0) is 24.3 Å². The fraction of sp³-hybridized carbons (Fsp3) is 0.333. The molecular formula is C12H15N3O3S. The van der Waals surface area contributed by atoms with E-state index in [0.717, 1.165) is 4.31 Å². The monoisotopic (exact) mass is 281 g/mol. The highest BCUT2D eigenvalue weighted by Crippen LogP contribution is 2.18. The number of nitriles is 1. The molecule has 0 aliphatic heterocycles. The summed E-state index contributed by atoms with van der Waals surface area (Å²) in [6, 6.07) is 7.65. The van der Waals surface area contributed by atoms with Gasteiger partial charge in [0.15, 0.2) is 0 Å². The minimum atomic E-state index is -3.66. The number of carbonyl (C=O) groups is 1. The number of benzene rings is 1. The van der Waals surface area contributed by atoms with Crippen molar-refractivity contribution in [3.05, 3.63) is 24.3 Å². The summed E-state index contributed by atoms with van der Waals surface area (Å²) in [5.74, 6) is -0.227. The molecule has 6 nitrogen and oxygen atoms in total. The summed E-state index contributed by atoms with van der Waals surface area (Å²) < 4.78 is 25.4. The van der Waals surface area contributed by atoms with Gasteiger partial charge in [-0.2, -0.15) is 9.57 Å². The number of anilines is 1. The van der Waals surface area contributed by atoms with Crippen LogP contribution in [0.5, 0.6) is 0 Å². The van der Waals surface area contributed by atoms with Crippen LogP contribution >= 0.6 is 0 Å². The summed E-state index contributed by atoms with van der Waals surface area (Å²) in [7, 11) is -3.66. The summed E-state index contributed by atoms with van der Waals surface area (Å²) >= 11 is 0. The highest BCUT2D eigenvalue weighted by molar-refractivity contribution is 7.89. The van der Waals surface area contributed by atoms with Crippen molar-refractivity contribution in [3.63, 3.8) is 0 Å². The third-order valence-corrected chi connectivity index (χ3v) is 4.35. The maximum Gasteiger partial charge on any atom is 0.244 e. The predicted octanol–water partition coefficient (Wildman–Crippen LogP) is 1.18. The van der Waals surface area contributed by atoms with E-state index in [2.05, 4.69) is 5.32 Å². The van der Waals surface area contributed by atoms with E-state index in [9.17, 15) is 13.2 Å². The normalized spacial score (nSPS) is 11.1. The lowest BCUT2D eigenvalue weighted by atomic mass is 10.3. The lowest BCUT2D eigenvalue weighted by Crippen LogP contribution is -2.31. The summed E-state index contributed by atoms with van der Waals surface area (Å²) in [4.78, 5) is 11.0. The molecule has 102 valence electrons. The molecule has 1 aromatic carbocycles. The number of nitrogens with one attached hydrogen (secondary N) is 1. The topological polar surface area (TPSA) is 90.3 Å². The molecule has 1 rings (SSSR count). The molecule has 0 fully saturated rings. The van der Waals surface area contributed by atoms with Crippen molar-refractivity contribution in [2.24, 2.45) is 0 Å². The number of nitrogens with zero attached hydrogens (tertiary/aromatic N) is 2. The second-order valence-electron chi connectivity index (χ2n) is 3.79. The smallest absolute Gasteiger partial charge is 0.244 e. The van der Waals surface area contributed by atoms with E-state index in [1.807, 2.05) is 6.07 Å². The molecule has 0 heterocycles. The highest BCUT2D eigenvalue weighted by Gasteiger charge is 2.22. The Morgan fingerprint density at radius 2 is 1.95 bits per heavy atom. The molecule has 1 amide bonds. The van der Waals surface area contributed by atoms with Gasteiger partial charge in [-0.3, -0.25) is 4.79 Å². The van der Waals surface area contributed by atoms with Crippen molar-refractivity contribution in [1.29, 1.82) is 5.26 Å². The first kappa shape index (κ1) is 15.1. The maximum absolute atomic E-state index is 12.2. The average Bonchev–Trinajstić information content (AvgIpc) is 2.35. The van der Waals surface area contributed by atoms with Crippen LogP contribution < -0.4 is 5.32 Å². The molecule has 0 radical (unpaired) electrons. The molecule has 0 aliphatic carbocycles. The fourth-order valence-corrected chi connectivity index (χ4v) is 2.85. The molecule has 0 aliphatic rings.